The van der Waals surface area contributed by atoms with E-state index in [4.69, 9.17) is 4.74 Å². The van der Waals surface area contributed by atoms with Crippen molar-refractivity contribution >= 4 is 11.3 Å². The Morgan fingerprint density at radius 2 is 2.29 bits per heavy atom. The van der Waals surface area contributed by atoms with E-state index in [0.717, 1.165) is 17.2 Å². The molecule has 0 bridgehead atoms. The van der Waals surface area contributed by atoms with Crippen LogP contribution in [0.3, 0.4) is 0 Å². The van der Waals surface area contributed by atoms with Crippen molar-refractivity contribution in [2.75, 3.05) is 13.7 Å². The minimum Gasteiger partial charge on any atom is -0.378 e. The molecule has 4 heteroatoms. The van der Waals surface area contributed by atoms with E-state index in [9.17, 15) is 0 Å². The number of methoxy groups -OCH3 is 1. The molecule has 0 saturated carbocycles. The molecular formula is C10H18N2OS. The predicted molar refractivity (Wildman–Crippen MR) is 59.5 cm³/mol. The quantitative estimate of drug-likeness (QED) is 0.815. The van der Waals surface area contributed by atoms with Gasteiger partial charge in [-0.1, -0.05) is 6.92 Å². The molecule has 1 aromatic heterocycles. The fourth-order valence-corrected chi connectivity index (χ4v) is 2.25. The monoisotopic (exact) mass is 214 g/mol. The molecule has 0 spiro atoms. The third-order valence-electron chi connectivity index (χ3n) is 2.08. The highest BCUT2D eigenvalue weighted by atomic mass is 32.1. The Morgan fingerprint density at radius 3 is 2.86 bits per heavy atom. The summed E-state index contributed by atoms with van der Waals surface area (Å²) >= 11 is 1.65. The maximum absolute atomic E-state index is 5.04. The summed E-state index contributed by atoms with van der Waals surface area (Å²) in [5.74, 6) is 0. The SMILES string of the molecule is CCNC(C)(C)c1csc(COC)n1. The zero-order valence-corrected chi connectivity index (χ0v) is 10.1. The van der Waals surface area contributed by atoms with Crippen LogP contribution < -0.4 is 5.32 Å². The van der Waals surface area contributed by atoms with Gasteiger partial charge in [0, 0.05) is 12.5 Å². The van der Waals surface area contributed by atoms with Crippen LogP contribution in [0.15, 0.2) is 5.38 Å². The summed E-state index contributed by atoms with van der Waals surface area (Å²) < 4.78 is 5.04. The van der Waals surface area contributed by atoms with Gasteiger partial charge in [0.1, 0.15) is 5.01 Å². The van der Waals surface area contributed by atoms with E-state index in [1.807, 2.05) is 0 Å². The summed E-state index contributed by atoms with van der Waals surface area (Å²) in [5.41, 5.74) is 1.05. The van der Waals surface area contributed by atoms with Crippen molar-refractivity contribution in [3.63, 3.8) is 0 Å². The van der Waals surface area contributed by atoms with Gasteiger partial charge in [-0.3, -0.25) is 0 Å². The molecule has 1 heterocycles. The van der Waals surface area contributed by atoms with Gasteiger partial charge in [0.2, 0.25) is 0 Å². The number of ether oxygens (including phenoxy) is 1. The summed E-state index contributed by atoms with van der Waals surface area (Å²) in [4.78, 5) is 4.52. The van der Waals surface area contributed by atoms with Gasteiger partial charge in [-0.15, -0.1) is 11.3 Å². The van der Waals surface area contributed by atoms with Gasteiger partial charge >= 0.3 is 0 Å². The van der Waals surface area contributed by atoms with Crippen molar-refractivity contribution in [1.29, 1.82) is 0 Å². The molecule has 3 nitrogen and oxygen atoms in total. The minimum atomic E-state index is -0.0444. The molecule has 1 aromatic rings. The van der Waals surface area contributed by atoms with Crippen molar-refractivity contribution in [3.05, 3.63) is 16.1 Å². The Bertz CT molecular complexity index is 283. The lowest BCUT2D eigenvalue weighted by Gasteiger charge is -2.23. The number of thiazole rings is 1. The van der Waals surface area contributed by atoms with Crippen LogP contribution in [0, 0.1) is 0 Å². The molecule has 1 N–H and O–H groups in total. The van der Waals surface area contributed by atoms with Gasteiger partial charge < -0.3 is 10.1 Å². The van der Waals surface area contributed by atoms with E-state index in [1.54, 1.807) is 18.4 Å². The average molecular weight is 214 g/mol. The molecule has 0 amide bonds. The second kappa shape index (κ2) is 4.87. The topological polar surface area (TPSA) is 34.1 Å². The zero-order chi connectivity index (χ0) is 10.6. The van der Waals surface area contributed by atoms with Crippen molar-refractivity contribution in [3.8, 4) is 0 Å². The van der Waals surface area contributed by atoms with E-state index in [1.165, 1.54) is 0 Å². The third-order valence-corrected chi connectivity index (χ3v) is 2.90. The Hall–Kier alpha value is -0.450. The Kier molecular flexibility index (Phi) is 4.04. The van der Waals surface area contributed by atoms with Gasteiger partial charge in [0.25, 0.3) is 0 Å². The largest absolute Gasteiger partial charge is 0.378 e. The lowest BCUT2D eigenvalue weighted by molar-refractivity contribution is 0.184. The standard InChI is InChI=1S/C10H18N2OS/c1-5-11-10(2,3)8-7-14-9(12-8)6-13-4/h7,11H,5-6H2,1-4H3. The first-order valence-corrected chi connectivity index (χ1v) is 5.67. The van der Waals surface area contributed by atoms with Crippen molar-refractivity contribution < 1.29 is 4.74 Å². The summed E-state index contributed by atoms with van der Waals surface area (Å²) in [7, 11) is 1.69. The number of rotatable bonds is 5. The molecule has 0 aliphatic heterocycles. The molecule has 0 fully saturated rings. The molecule has 14 heavy (non-hydrogen) atoms. The fourth-order valence-electron chi connectivity index (χ4n) is 1.32. The van der Waals surface area contributed by atoms with Crippen molar-refractivity contribution in [1.82, 2.24) is 10.3 Å². The van der Waals surface area contributed by atoms with Crippen LogP contribution >= 0.6 is 11.3 Å². The van der Waals surface area contributed by atoms with Crippen molar-refractivity contribution in [2.45, 2.75) is 32.9 Å². The van der Waals surface area contributed by atoms with Gasteiger partial charge in [0.05, 0.1) is 17.8 Å². The first kappa shape index (κ1) is 11.6. The zero-order valence-electron chi connectivity index (χ0n) is 9.26. The molecular weight excluding hydrogens is 196 g/mol. The maximum Gasteiger partial charge on any atom is 0.119 e. The Morgan fingerprint density at radius 1 is 1.57 bits per heavy atom. The molecule has 0 atom stereocenters. The van der Waals surface area contributed by atoms with E-state index >= 15 is 0 Å². The third kappa shape index (κ3) is 2.77. The average Bonchev–Trinajstić information content (AvgIpc) is 2.54. The van der Waals surface area contributed by atoms with E-state index in [0.29, 0.717) is 6.61 Å². The molecule has 0 radical (unpaired) electrons. The lowest BCUT2D eigenvalue weighted by atomic mass is 10.0. The Balaban J connectivity index is 2.74. The first-order chi connectivity index (χ1) is 6.60. The van der Waals surface area contributed by atoms with Gasteiger partial charge in [-0.25, -0.2) is 4.98 Å². The summed E-state index contributed by atoms with van der Waals surface area (Å²) in [6.07, 6.45) is 0. The van der Waals surface area contributed by atoms with Crippen molar-refractivity contribution in [2.24, 2.45) is 0 Å². The van der Waals surface area contributed by atoms with E-state index in [2.05, 4.69) is 36.5 Å². The minimum absolute atomic E-state index is 0.0444. The van der Waals surface area contributed by atoms with Crippen LogP contribution in [0.5, 0.6) is 0 Å². The number of nitrogens with zero attached hydrogens (tertiary/aromatic N) is 1. The van der Waals surface area contributed by atoms with Crippen LogP contribution in [0.4, 0.5) is 0 Å². The van der Waals surface area contributed by atoms with Crippen LogP contribution in [0.2, 0.25) is 0 Å². The first-order valence-electron chi connectivity index (χ1n) is 4.79. The fraction of sp³-hybridized carbons (Fsp3) is 0.700. The molecule has 1 rings (SSSR count). The number of hydrogen-bond acceptors (Lipinski definition) is 4. The number of hydrogen-bond donors (Lipinski definition) is 1. The Labute approximate surface area is 89.5 Å². The van der Waals surface area contributed by atoms with Crippen LogP contribution in [-0.4, -0.2) is 18.6 Å². The second-order valence-corrected chi connectivity index (χ2v) is 4.66. The lowest BCUT2D eigenvalue weighted by Crippen LogP contribution is -2.36. The van der Waals surface area contributed by atoms with Gasteiger partial charge in [-0.2, -0.15) is 0 Å². The van der Waals surface area contributed by atoms with Gasteiger partial charge in [-0.05, 0) is 20.4 Å². The maximum atomic E-state index is 5.04. The highest BCUT2D eigenvalue weighted by Gasteiger charge is 2.21. The van der Waals surface area contributed by atoms with Crippen LogP contribution in [-0.2, 0) is 16.9 Å². The van der Waals surface area contributed by atoms with Crippen LogP contribution in [0.1, 0.15) is 31.5 Å². The molecule has 0 unspecified atom stereocenters. The second-order valence-electron chi connectivity index (χ2n) is 3.71. The molecule has 0 aliphatic carbocycles. The molecule has 0 saturated heterocycles. The summed E-state index contributed by atoms with van der Waals surface area (Å²) in [6, 6.07) is 0. The smallest absolute Gasteiger partial charge is 0.119 e. The highest BCUT2D eigenvalue weighted by Crippen LogP contribution is 2.22. The van der Waals surface area contributed by atoms with E-state index < -0.39 is 0 Å². The highest BCUT2D eigenvalue weighted by molar-refractivity contribution is 7.09. The predicted octanol–water partition coefficient (Wildman–Crippen LogP) is 2.13. The normalized spacial score (nSPS) is 12.0. The number of nitrogens with one attached hydrogen (secondary N) is 1. The van der Waals surface area contributed by atoms with E-state index in [-0.39, 0.29) is 5.54 Å². The number of aromatic nitrogens is 1. The van der Waals surface area contributed by atoms with Crippen LogP contribution in [0.25, 0.3) is 0 Å². The summed E-state index contributed by atoms with van der Waals surface area (Å²) in [5, 5.41) is 6.53. The summed E-state index contributed by atoms with van der Waals surface area (Å²) in [6.45, 7) is 7.94. The molecule has 0 aromatic carbocycles. The van der Waals surface area contributed by atoms with Gasteiger partial charge in [0.15, 0.2) is 0 Å². The molecule has 0 aliphatic rings. The molecule has 80 valence electrons.